The number of fused-ring (bicyclic) bond motifs is 1. The van der Waals surface area contributed by atoms with E-state index in [9.17, 15) is 0 Å². The number of hydrogen-bond donors (Lipinski definition) is 2. The van der Waals surface area contributed by atoms with Crippen LogP contribution in [-0.2, 0) is 6.54 Å². The van der Waals surface area contributed by atoms with Crippen molar-refractivity contribution in [2.45, 2.75) is 11.4 Å². The molecule has 32 heavy (non-hydrogen) atoms. The molecule has 0 saturated carbocycles. The van der Waals surface area contributed by atoms with Crippen LogP contribution in [0, 0.1) is 0 Å². The second-order valence-electron chi connectivity index (χ2n) is 7.49. The highest BCUT2D eigenvalue weighted by atomic mass is 32.1. The average molecular weight is 443 g/mol. The molecule has 1 N–H and O–H groups in total. The normalized spacial score (nSPS) is 11.1. The smallest absolute Gasteiger partial charge is 0.161 e. The van der Waals surface area contributed by atoms with Gasteiger partial charge in [0.15, 0.2) is 11.5 Å². The van der Waals surface area contributed by atoms with Gasteiger partial charge in [0, 0.05) is 45.6 Å². The number of nitrogens with zero attached hydrogens (tertiary/aromatic N) is 3. The third-order valence-corrected chi connectivity index (χ3v) is 5.77. The molecule has 0 bridgehead atoms. The Labute approximate surface area is 191 Å². The quantitative estimate of drug-likeness (QED) is 0.343. The van der Waals surface area contributed by atoms with Crippen molar-refractivity contribution in [3.8, 4) is 33.8 Å². The molecule has 5 aromatic rings. The first-order valence-corrected chi connectivity index (χ1v) is 10.6. The first-order valence-electron chi connectivity index (χ1n) is 10.1. The Morgan fingerprint density at radius 2 is 1.72 bits per heavy atom. The highest BCUT2D eigenvalue weighted by Gasteiger charge is 2.12. The van der Waals surface area contributed by atoms with Gasteiger partial charge >= 0.3 is 0 Å². The van der Waals surface area contributed by atoms with Crippen molar-refractivity contribution in [1.29, 1.82) is 0 Å². The minimum Gasteiger partial charge on any atom is -0.493 e. The van der Waals surface area contributed by atoms with Crippen LogP contribution in [0.2, 0.25) is 0 Å². The molecule has 0 fully saturated rings. The summed E-state index contributed by atoms with van der Waals surface area (Å²) in [5.74, 6) is 1.38. The molecule has 0 aliphatic carbocycles. The topological polar surface area (TPSA) is 65.0 Å². The number of aromatic nitrogens is 4. The summed E-state index contributed by atoms with van der Waals surface area (Å²) in [7, 11) is 3.27. The predicted molar refractivity (Wildman–Crippen MR) is 129 cm³/mol. The lowest BCUT2D eigenvalue weighted by molar-refractivity contribution is 0.355. The number of methoxy groups -OCH3 is 2. The van der Waals surface area contributed by atoms with Gasteiger partial charge in [-0.1, -0.05) is 18.2 Å². The fourth-order valence-corrected chi connectivity index (χ4v) is 3.94. The molecule has 2 aromatic carbocycles. The summed E-state index contributed by atoms with van der Waals surface area (Å²) in [6.07, 6.45) is 7.78. The van der Waals surface area contributed by atoms with Crippen LogP contribution in [0.15, 0.2) is 78.2 Å². The van der Waals surface area contributed by atoms with Crippen molar-refractivity contribution < 1.29 is 9.47 Å². The maximum absolute atomic E-state index is 5.46. The van der Waals surface area contributed by atoms with Crippen LogP contribution in [0.5, 0.6) is 11.5 Å². The zero-order valence-electron chi connectivity index (χ0n) is 17.7. The minimum atomic E-state index is 0.687. The minimum absolute atomic E-state index is 0.687. The molecule has 0 saturated heterocycles. The number of pyridine rings is 1. The molecular weight excluding hydrogens is 420 g/mol. The standard InChI is InChI=1S/C25H22N4O2S/c1-30-23-8-5-17(10-24(23)31-2)18-9-21-22(13-27-25(21)26-11-18)19-12-28-29(15-19)14-16-3-6-20(32)7-4-16/h3-13,15,32H,14H2,1-2H3,(H,26,27). The van der Waals surface area contributed by atoms with E-state index in [1.165, 1.54) is 5.56 Å². The summed E-state index contributed by atoms with van der Waals surface area (Å²) in [4.78, 5) is 8.84. The maximum Gasteiger partial charge on any atom is 0.161 e. The zero-order chi connectivity index (χ0) is 22.1. The van der Waals surface area contributed by atoms with Crippen LogP contribution >= 0.6 is 12.6 Å². The first-order chi connectivity index (χ1) is 15.6. The molecule has 0 spiro atoms. The summed E-state index contributed by atoms with van der Waals surface area (Å²) in [5, 5.41) is 5.59. The van der Waals surface area contributed by atoms with E-state index >= 15 is 0 Å². The lowest BCUT2D eigenvalue weighted by atomic mass is 10.0. The van der Waals surface area contributed by atoms with Gasteiger partial charge in [-0.25, -0.2) is 4.98 Å². The van der Waals surface area contributed by atoms with Gasteiger partial charge in [-0.15, -0.1) is 12.6 Å². The number of nitrogens with one attached hydrogen (secondary N) is 1. The number of ether oxygens (including phenoxy) is 2. The molecule has 0 aliphatic heterocycles. The van der Waals surface area contributed by atoms with Crippen molar-refractivity contribution >= 4 is 23.7 Å². The highest BCUT2D eigenvalue weighted by molar-refractivity contribution is 7.80. The van der Waals surface area contributed by atoms with Crippen molar-refractivity contribution in [2.75, 3.05) is 14.2 Å². The Bertz CT molecular complexity index is 1390. The molecule has 3 aromatic heterocycles. The molecule has 0 radical (unpaired) electrons. The number of H-pyrrole nitrogens is 1. The third kappa shape index (κ3) is 3.83. The maximum atomic E-state index is 5.46. The van der Waals surface area contributed by atoms with E-state index in [2.05, 4.69) is 52.1 Å². The highest BCUT2D eigenvalue weighted by Crippen LogP contribution is 2.35. The van der Waals surface area contributed by atoms with Crippen LogP contribution in [-0.4, -0.2) is 34.0 Å². The average Bonchev–Trinajstić information content (AvgIpc) is 3.46. The van der Waals surface area contributed by atoms with Gasteiger partial charge in [-0.3, -0.25) is 4.68 Å². The van der Waals surface area contributed by atoms with E-state index in [-0.39, 0.29) is 0 Å². The number of benzene rings is 2. The van der Waals surface area contributed by atoms with Crippen LogP contribution < -0.4 is 9.47 Å². The predicted octanol–water partition coefficient (Wildman–Crippen LogP) is 5.45. The Morgan fingerprint density at radius 1 is 0.906 bits per heavy atom. The van der Waals surface area contributed by atoms with E-state index in [0.29, 0.717) is 18.0 Å². The molecule has 0 amide bonds. The van der Waals surface area contributed by atoms with Gasteiger partial charge in [-0.05, 0) is 41.5 Å². The van der Waals surface area contributed by atoms with Crippen molar-refractivity contribution in [1.82, 2.24) is 19.7 Å². The van der Waals surface area contributed by atoms with Gasteiger partial charge < -0.3 is 14.5 Å². The summed E-state index contributed by atoms with van der Waals surface area (Å²) >= 11 is 4.35. The van der Waals surface area contributed by atoms with Gasteiger partial charge in [0.1, 0.15) is 5.65 Å². The molecule has 160 valence electrons. The largest absolute Gasteiger partial charge is 0.493 e. The Hall–Kier alpha value is -3.71. The Kier molecular flexibility index (Phi) is 5.33. The van der Waals surface area contributed by atoms with E-state index in [1.807, 2.05) is 53.6 Å². The van der Waals surface area contributed by atoms with E-state index < -0.39 is 0 Å². The monoisotopic (exact) mass is 442 g/mol. The van der Waals surface area contributed by atoms with E-state index in [1.54, 1.807) is 14.2 Å². The molecule has 5 rings (SSSR count). The van der Waals surface area contributed by atoms with Crippen LogP contribution in [0.25, 0.3) is 33.3 Å². The van der Waals surface area contributed by atoms with Gasteiger partial charge in [0.05, 0.1) is 27.0 Å². The van der Waals surface area contributed by atoms with Crippen LogP contribution in [0.3, 0.4) is 0 Å². The number of hydrogen-bond acceptors (Lipinski definition) is 5. The van der Waals surface area contributed by atoms with Gasteiger partial charge in [-0.2, -0.15) is 5.10 Å². The number of aromatic amines is 1. The third-order valence-electron chi connectivity index (χ3n) is 5.47. The fraction of sp³-hybridized carbons (Fsp3) is 0.120. The molecule has 7 heteroatoms. The Balaban J connectivity index is 1.48. The molecule has 3 heterocycles. The van der Waals surface area contributed by atoms with Crippen molar-refractivity contribution in [2.24, 2.45) is 0 Å². The number of thiol groups is 1. The summed E-state index contributed by atoms with van der Waals surface area (Å²) < 4.78 is 12.7. The molecular formula is C25H22N4O2S. The zero-order valence-corrected chi connectivity index (χ0v) is 18.6. The fourth-order valence-electron chi connectivity index (χ4n) is 3.79. The Morgan fingerprint density at radius 3 is 2.50 bits per heavy atom. The lowest BCUT2D eigenvalue weighted by Crippen LogP contribution is -1.99. The van der Waals surface area contributed by atoms with Crippen LogP contribution in [0.1, 0.15) is 5.56 Å². The first kappa shape index (κ1) is 20.2. The summed E-state index contributed by atoms with van der Waals surface area (Å²) in [6.45, 7) is 0.700. The second kappa shape index (κ2) is 8.43. The number of rotatable bonds is 6. The molecule has 0 aliphatic rings. The molecule has 0 atom stereocenters. The van der Waals surface area contributed by atoms with Crippen LogP contribution in [0.4, 0.5) is 0 Å². The molecule has 6 nitrogen and oxygen atoms in total. The summed E-state index contributed by atoms with van der Waals surface area (Å²) in [5.41, 5.74) is 6.11. The van der Waals surface area contributed by atoms with E-state index in [4.69, 9.17) is 9.47 Å². The van der Waals surface area contributed by atoms with Crippen molar-refractivity contribution in [3.05, 3.63) is 78.9 Å². The van der Waals surface area contributed by atoms with Crippen molar-refractivity contribution in [3.63, 3.8) is 0 Å². The van der Waals surface area contributed by atoms with Gasteiger partial charge in [0.2, 0.25) is 0 Å². The van der Waals surface area contributed by atoms with E-state index in [0.717, 1.165) is 38.2 Å². The summed E-state index contributed by atoms with van der Waals surface area (Å²) in [6, 6.07) is 16.1. The second-order valence-corrected chi connectivity index (χ2v) is 8.00. The van der Waals surface area contributed by atoms with Gasteiger partial charge in [0.25, 0.3) is 0 Å². The SMILES string of the molecule is COc1ccc(-c2cnc3[nH]cc(-c4cnn(Cc5ccc(S)cc5)c4)c3c2)cc1OC. The molecule has 0 unspecified atom stereocenters. The lowest BCUT2D eigenvalue weighted by Gasteiger charge is -2.09.